The lowest BCUT2D eigenvalue weighted by molar-refractivity contribution is 1.20. The van der Waals surface area contributed by atoms with Crippen LogP contribution in [-0.4, -0.2) is 9.97 Å². The van der Waals surface area contributed by atoms with Crippen molar-refractivity contribution in [2.45, 2.75) is 6.92 Å². The maximum atomic E-state index is 4.21. The Morgan fingerprint density at radius 3 is 2.80 bits per heavy atom. The van der Waals surface area contributed by atoms with Gasteiger partial charge >= 0.3 is 0 Å². The molecule has 0 saturated heterocycles. The zero-order valence-corrected chi connectivity index (χ0v) is 9.82. The molecule has 0 fully saturated rings. The van der Waals surface area contributed by atoms with Crippen molar-refractivity contribution in [2.75, 3.05) is 5.32 Å². The molecular weight excluding hydrogens is 254 g/mol. The van der Waals surface area contributed by atoms with Gasteiger partial charge in [-0.15, -0.1) is 0 Å². The van der Waals surface area contributed by atoms with Crippen LogP contribution in [0.4, 0.5) is 11.4 Å². The molecule has 0 unspecified atom stereocenters. The normalized spacial score (nSPS) is 10.0. The molecule has 0 aromatic carbocycles. The summed E-state index contributed by atoms with van der Waals surface area (Å²) in [6.45, 7) is 1.97. The maximum Gasteiger partial charge on any atom is 0.0607 e. The fourth-order valence-electron chi connectivity index (χ4n) is 1.24. The molecule has 76 valence electrons. The first-order valence-corrected chi connectivity index (χ1v) is 5.35. The summed E-state index contributed by atoms with van der Waals surface area (Å²) < 4.78 is 0.938. The summed E-state index contributed by atoms with van der Waals surface area (Å²) in [4.78, 5) is 8.22. The van der Waals surface area contributed by atoms with E-state index in [1.165, 1.54) is 0 Å². The van der Waals surface area contributed by atoms with Gasteiger partial charge in [-0.25, -0.2) is 0 Å². The number of hydrogen-bond acceptors (Lipinski definition) is 3. The Morgan fingerprint density at radius 2 is 2.07 bits per heavy atom. The van der Waals surface area contributed by atoms with Gasteiger partial charge in [0.25, 0.3) is 0 Å². The molecule has 2 aromatic rings. The smallest absolute Gasteiger partial charge is 0.0607 e. The molecule has 0 atom stereocenters. The van der Waals surface area contributed by atoms with E-state index in [9.17, 15) is 0 Å². The average Bonchev–Trinajstić information content (AvgIpc) is 2.24. The van der Waals surface area contributed by atoms with Gasteiger partial charge in [0.1, 0.15) is 0 Å². The Morgan fingerprint density at radius 1 is 1.20 bits per heavy atom. The summed E-state index contributed by atoms with van der Waals surface area (Å²) in [7, 11) is 0. The molecule has 2 aromatic heterocycles. The van der Waals surface area contributed by atoms with Crippen molar-refractivity contribution < 1.29 is 0 Å². The fraction of sp³-hybridized carbons (Fsp3) is 0.0909. The first-order valence-electron chi connectivity index (χ1n) is 4.55. The molecule has 0 bridgehead atoms. The van der Waals surface area contributed by atoms with Gasteiger partial charge in [-0.1, -0.05) is 0 Å². The number of aromatic nitrogens is 2. The first kappa shape index (κ1) is 10.1. The highest BCUT2D eigenvalue weighted by molar-refractivity contribution is 9.10. The van der Waals surface area contributed by atoms with E-state index in [4.69, 9.17) is 0 Å². The van der Waals surface area contributed by atoms with Crippen LogP contribution < -0.4 is 5.32 Å². The number of nitrogens with zero attached hydrogens (tertiary/aromatic N) is 2. The quantitative estimate of drug-likeness (QED) is 0.904. The first-order chi connectivity index (χ1) is 7.27. The Hall–Kier alpha value is -1.42. The van der Waals surface area contributed by atoms with Crippen molar-refractivity contribution in [3.05, 3.63) is 47.0 Å². The molecule has 3 nitrogen and oxygen atoms in total. The molecule has 1 N–H and O–H groups in total. The Kier molecular flexibility index (Phi) is 2.97. The Balaban J connectivity index is 2.30. The van der Waals surface area contributed by atoms with Gasteiger partial charge in [0.2, 0.25) is 0 Å². The van der Waals surface area contributed by atoms with Gasteiger partial charge in [-0.3, -0.25) is 9.97 Å². The van der Waals surface area contributed by atoms with E-state index < -0.39 is 0 Å². The number of rotatable bonds is 2. The SMILES string of the molecule is Cc1ncccc1Nc1ccncc1Br. The summed E-state index contributed by atoms with van der Waals surface area (Å²) in [5.74, 6) is 0. The average molecular weight is 264 g/mol. The van der Waals surface area contributed by atoms with Crippen molar-refractivity contribution in [3.63, 3.8) is 0 Å². The van der Waals surface area contributed by atoms with E-state index in [0.29, 0.717) is 0 Å². The van der Waals surface area contributed by atoms with Crippen LogP contribution in [0.2, 0.25) is 0 Å². The van der Waals surface area contributed by atoms with Crippen LogP contribution in [-0.2, 0) is 0 Å². The van der Waals surface area contributed by atoms with Gasteiger partial charge < -0.3 is 5.32 Å². The largest absolute Gasteiger partial charge is 0.353 e. The molecular formula is C11H10BrN3. The van der Waals surface area contributed by atoms with Crippen LogP contribution in [0.25, 0.3) is 0 Å². The zero-order valence-electron chi connectivity index (χ0n) is 8.24. The fourth-order valence-corrected chi connectivity index (χ4v) is 1.59. The predicted molar refractivity (Wildman–Crippen MR) is 64.2 cm³/mol. The van der Waals surface area contributed by atoms with Crippen LogP contribution in [0.15, 0.2) is 41.3 Å². The topological polar surface area (TPSA) is 37.8 Å². The van der Waals surface area contributed by atoms with Crippen LogP contribution in [0.5, 0.6) is 0 Å². The molecule has 2 heterocycles. The van der Waals surface area contributed by atoms with E-state index in [1.54, 1.807) is 18.6 Å². The van der Waals surface area contributed by atoms with Crippen molar-refractivity contribution in [2.24, 2.45) is 0 Å². The molecule has 0 aliphatic heterocycles. The minimum atomic E-state index is 0.938. The Labute approximate surface area is 96.7 Å². The maximum absolute atomic E-state index is 4.21. The molecule has 0 aliphatic rings. The van der Waals surface area contributed by atoms with Crippen LogP contribution >= 0.6 is 15.9 Å². The van der Waals surface area contributed by atoms with E-state index in [-0.39, 0.29) is 0 Å². The van der Waals surface area contributed by atoms with Crippen molar-refractivity contribution in [1.82, 2.24) is 9.97 Å². The van der Waals surface area contributed by atoms with Crippen LogP contribution in [0.3, 0.4) is 0 Å². The number of aryl methyl sites for hydroxylation is 1. The highest BCUT2D eigenvalue weighted by atomic mass is 79.9. The molecule has 4 heteroatoms. The van der Waals surface area contributed by atoms with Crippen LogP contribution in [0.1, 0.15) is 5.69 Å². The number of anilines is 2. The second kappa shape index (κ2) is 4.40. The highest BCUT2D eigenvalue weighted by Crippen LogP contribution is 2.25. The molecule has 2 rings (SSSR count). The minimum Gasteiger partial charge on any atom is -0.353 e. The lowest BCUT2D eigenvalue weighted by atomic mass is 10.3. The highest BCUT2D eigenvalue weighted by Gasteiger charge is 2.01. The number of hydrogen-bond donors (Lipinski definition) is 1. The molecule has 0 aliphatic carbocycles. The predicted octanol–water partition coefficient (Wildman–Crippen LogP) is 3.29. The molecule has 0 saturated carbocycles. The van der Waals surface area contributed by atoms with Gasteiger partial charge in [-0.2, -0.15) is 0 Å². The van der Waals surface area contributed by atoms with Gasteiger partial charge in [-0.05, 0) is 41.1 Å². The third kappa shape index (κ3) is 2.33. The Bertz CT molecular complexity index is 427. The van der Waals surface area contributed by atoms with Crippen molar-refractivity contribution >= 4 is 27.3 Å². The van der Waals surface area contributed by atoms with E-state index in [1.807, 2.05) is 25.1 Å². The molecule has 0 radical (unpaired) electrons. The summed E-state index contributed by atoms with van der Waals surface area (Å²) in [5.41, 5.74) is 2.96. The minimum absolute atomic E-state index is 0.938. The van der Waals surface area contributed by atoms with Gasteiger partial charge in [0.05, 0.1) is 21.5 Å². The van der Waals surface area contributed by atoms with E-state index in [0.717, 1.165) is 21.5 Å². The second-order valence-electron chi connectivity index (χ2n) is 3.12. The van der Waals surface area contributed by atoms with E-state index in [2.05, 4.69) is 31.2 Å². The molecule has 0 spiro atoms. The second-order valence-corrected chi connectivity index (χ2v) is 3.97. The summed E-state index contributed by atoms with van der Waals surface area (Å²) in [5, 5.41) is 3.29. The lowest BCUT2D eigenvalue weighted by Gasteiger charge is -2.09. The number of nitrogens with one attached hydrogen (secondary N) is 1. The molecule has 15 heavy (non-hydrogen) atoms. The van der Waals surface area contributed by atoms with E-state index >= 15 is 0 Å². The monoisotopic (exact) mass is 263 g/mol. The van der Waals surface area contributed by atoms with Gasteiger partial charge in [0, 0.05) is 18.6 Å². The zero-order chi connectivity index (χ0) is 10.7. The third-order valence-electron chi connectivity index (χ3n) is 2.05. The number of halogens is 1. The number of pyridine rings is 2. The van der Waals surface area contributed by atoms with Crippen molar-refractivity contribution in [1.29, 1.82) is 0 Å². The standard InChI is InChI=1S/C11H10BrN3/c1-8-10(3-2-5-14-8)15-11-4-6-13-7-9(11)12/h2-7H,1H3,(H,13,15). The summed E-state index contributed by atoms with van der Waals surface area (Å²) >= 11 is 3.43. The van der Waals surface area contributed by atoms with Gasteiger partial charge in [0.15, 0.2) is 0 Å². The van der Waals surface area contributed by atoms with Crippen molar-refractivity contribution in [3.8, 4) is 0 Å². The molecule has 0 amide bonds. The summed E-state index contributed by atoms with van der Waals surface area (Å²) in [6.07, 6.45) is 5.29. The lowest BCUT2D eigenvalue weighted by Crippen LogP contribution is -1.95. The van der Waals surface area contributed by atoms with Crippen LogP contribution in [0, 0.1) is 6.92 Å². The third-order valence-corrected chi connectivity index (χ3v) is 2.68. The summed E-state index contributed by atoms with van der Waals surface area (Å²) in [6, 6.07) is 5.82.